The average Bonchev–Trinajstić information content (AvgIpc) is 2.73. The van der Waals surface area contributed by atoms with Crippen molar-refractivity contribution in [2.45, 2.75) is 45.8 Å². The number of fused-ring (bicyclic) bond motifs is 1. The number of hydrogen-bond acceptors (Lipinski definition) is 5. The summed E-state index contributed by atoms with van der Waals surface area (Å²) in [6.07, 6.45) is 4.70. The quantitative estimate of drug-likeness (QED) is 0.741. The molecule has 4 rings (SSSR count). The minimum absolute atomic E-state index is 0.106. The Bertz CT molecular complexity index is 775. The van der Waals surface area contributed by atoms with Gasteiger partial charge in [-0.2, -0.15) is 0 Å². The van der Waals surface area contributed by atoms with Gasteiger partial charge >= 0.3 is 0 Å². The minimum Gasteiger partial charge on any atom is -0.490 e. The van der Waals surface area contributed by atoms with Crippen LogP contribution in [0.3, 0.4) is 0 Å². The molecule has 2 unspecified atom stereocenters. The van der Waals surface area contributed by atoms with Crippen molar-refractivity contribution in [2.24, 2.45) is 5.92 Å². The summed E-state index contributed by atoms with van der Waals surface area (Å²) in [5.41, 5.74) is 1.64. The fourth-order valence-electron chi connectivity index (χ4n) is 4.89. The van der Waals surface area contributed by atoms with E-state index in [9.17, 15) is 4.79 Å². The van der Waals surface area contributed by atoms with E-state index in [2.05, 4.69) is 18.7 Å². The highest BCUT2D eigenvalue weighted by Gasteiger charge is 2.30. The predicted octanol–water partition coefficient (Wildman–Crippen LogP) is 3.21. The summed E-state index contributed by atoms with van der Waals surface area (Å²) in [4.78, 5) is 17.6. The number of carbonyl (C=O) groups excluding carboxylic acids is 1. The first-order valence-electron chi connectivity index (χ1n) is 11.3. The van der Waals surface area contributed by atoms with Crippen LogP contribution in [-0.4, -0.2) is 73.9 Å². The molecular weight excluding hydrogens is 380 g/mol. The van der Waals surface area contributed by atoms with E-state index >= 15 is 0 Å². The maximum absolute atomic E-state index is 13.1. The molecule has 2 saturated heterocycles. The Balaban J connectivity index is 1.33. The number of hydrogen-bond donors (Lipinski definition) is 0. The Hall–Kier alpha value is -2.05. The molecule has 0 radical (unpaired) electrons. The van der Waals surface area contributed by atoms with Crippen molar-refractivity contribution in [3.05, 3.63) is 29.3 Å². The molecule has 164 valence electrons. The molecule has 1 amide bonds. The van der Waals surface area contributed by atoms with Gasteiger partial charge in [0.05, 0.1) is 24.4 Å². The van der Waals surface area contributed by atoms with Crippen LogP contribution >= 0.6 is 0 Å². The van der Waals surface area contributed by atoms with Gasteiger partial charge in [0.25, 0.3) is 5.91 Å². The number of carbonyl (C=O) groups is 1. The summed E-state index contributed by atoms with van der Waals surface area (Å²) in [6.45, 7) is 11.9. The summed E-state index contributed by atoms with van der Waals surface area (Å²) >= 11 is 0. The average molecular weight is 415 g/mol. The lowest BCUT2D eigenvalue weighted by Gasteiger charge is -2.39. The second-order valence-electron chi connectivity index (χ2n) is 8.78. The van der Waals surface area contributed by atoms with E-state index in [0.717, 1.165) is 68.2 Å². The van der Waals surface area contributed by atoms with E-state index in [4.69, 9.17) is 14.2 Å². The van der Waals surface area contributed by atoms with Gasteiger partial charge in [0, 0.05) is 38.3 Å². The number of para-hydroxylation sites is 1. The SMILES string of the molecule is CCOc1cccc2c1OCC(C(=O)N1CCC(CN3CC(C)OC(C)C3)CC1)=C2. The molecule has 3 heterocycles. The first kappa shape index (κ1) is 21.2. The van der Waals surface area contributed by atoms with E-state index in [1.165, 1.54) is 0 Å². The number of morpholine rings is 1. The number of amides is 1. The smallest absolute Gasteiger partial charge is 0.253 e. The van der Waals surface area contributed by atoms with Crippen LogP contribution in [0.4, 0.5) is 0 Å². The number of benzene rings is 1. The first-order valence-corrected chi connectivity index (χ1v) is 11.3. The summed E-state index contributed by atoms with van der Waals surface area (Å²) < 4.78 is 17.4. The standard InChI is InChI=1S/C24H34N2O4/c1-4-28-22-7-5-6-20-12-21(16-29-23(20)22)24(27)26-10-8-19(9-11-26)15-25-13-17(2)30-18(3)14-25/h5-7,12,17-19H,4,8-11,13-16H2,1-3H3. The van der Waals surface area contributed by atoms with Crippen LogP contribution < -0.4 is 9.47 Å². The normalized spacial score (nSPS) is 25.3. The van der Waals surface area contributed by atoms with Gasteiger partial charge in [-0.05, 0) is 51.7 Å². The molecule has 6 heteroatoms. The van der Waals surface area contributed by atoms with E-state index in [1.54, 1.807) is 0 Å². The number of ether oxygens (including phenoxy) is 3. The lowest BCUT2D eigenvalue weighted by molar-refractivity contribution is -0.129. The van der Waals surface area contributed by atoms with Gasteiger partial charge in [0.1, 0.15) is 6.61 Å². The van der Waals surface area contributed by atoms with Crippen molar-refractivity contribution < 1.29 is 19.0 Å². The zero-order valence-corrected chi connectivity index (χ0v) is 18.4. The first-order chi connectivity index (χ1) is 14.5. The largest absolute Gasteiger partial charge is 0.490 e. The molecule has 2 fully saturated rings. The van der Waals surface area contributed by atoms with E-state index in [-0.39, 0.29) is 5.91 Å². The summed E-state index contributed by atoms with van der Waals surface area (Å²) in [7, 11) is 0. The Morgan fingerprint density at radius 3 is 2.60 bits per heavy atom. The Kier molecular flexibility index (Phi) is 6.64. The van der Waals surface area contributed by atoms with Crippen LogP contribution in [0.25, 0.3) is 6.08 Å². The fraction of sp³-hybridized carbons (Fsp3) is 0.625. The third-order valence-electron chi connectivity index (χ3n) is 6.20. The van der Waals surface area contributed by atoms with Crippen molar-refractivity contribution in [3.8, 4) is 11.5 Å². The zero-order chi connectivity index (χ0) is 21.1. The van der Waals surface area contributed by atoms with Crippen molar-refractivity contribution >= 4 is 12.0 Å². The van der Waals surface area contributed by atoms with E-state index < -0.39 is 0 Å². The van der Waals surface area contributed by atoms with E-state index in [0.29, 0.717) is 31.3 Å². The number of piperidine rings is 1. The summed E-state index contributed by atoms with van der Waals surface area (Å²) in [5, 5.41) is 0. The monoisotopic (exact) mass is 414 g/mol. The van der Waals surface area contributed by atoms with Crippen LogP contribution in [0.15, 0.2) is 23.8 Å². The molecule has 0 spiro atoms. The summed E-state index contributed by atoms with van der Waals surface area (Å²) in [5.74, 6) is 2.24. The molecule has 0 bridgehead atoms. The van der Waals surface area contributed by atoms with Gasteiger partial charge in [-0.15, -0.1) is 0 Å². The number of rotatable bonds is 5. The highest BCUT2D eigenvalue weighted by Crippen LogP contribution is 2.36. The van der Waals surface area contributed by atoms with Crippen molar-refractivity contribution in [1.29, 1.82) is 0 Å². The van der Waals surface area contributed by atoms with Crippen LogP contribution in [0, 0.1) is 5.92 Å². The highest BCUT2D eigenvalue weighted by molar-refractivity contribution is 5.99. The molecule has 2 atom stereocenters. The minimum atomic E-state index is 0.106. The lowest BCUT2D eigenvalue weighted by atomic mass is 9.95. The predicted molar refractivity (Wildman–Crippen MR) is 117 cm³/mol. The second-order valence-corrected chi connectivity index (χ2v) is 8.78. The Labute approximate surface area is 179 Å². The van der Waals surface area contributed by atoms with Crippen LogP contribution in [0.5, 0.6) is 11.5 Å². The van der Waals surface area contributed by atoms with Gasteiger partial charge < -0.3 is 19.1 Å². The van der Waals surface area contributed by atoms with Crippen LogP contribution in [-0.2, 0) is 9.53 Å². The van der Waals surface area contributed by atoms with Gasteiger partial charge in [-0.25, -0.2) is 0 Å². The van der Waals surface area contributed by atoms with Gasteiger partial charge in [0.2, 0.25) is 0 Å². The highest BCUT2D eigenvalue weighted by atomic mass is 16.5. The van der Waals surface area contributed by atoms with Gasteiger partial charge in [-0.1, -0.05) is 12.1 Å². The molecule has 3 aliphatic heterocycles. The van der Waals surface area contributed by atoms with Gasteiger partial charge in [-0.3, -0.25) is 9.69 Å². The molecule has 1 aromatic carbocycles. The van der Waals surface area contributed by atoms with Crippen molar-refractivity contribution in [3.63, 3.8) is 0 Å². The molecule has 0 aliphatic carbocycles. The molecule has 30 heavy (non-hydrogen) atoms. The molecule has 0 aromatic heterocycles. The maximum Gasteiger partial charge on any atom is 0.253 e. The Morgan fingerprint density at radius 1 is 1.17 bits per heavy atom. The van der Waals surface area contributed by atoms with Gasteiger partial charge in [0.15, 0.2) is 11.5 Å². The molecule has 0 N–H and O–H groups in total. The number of nitrogens with zero attached hydrogens (tertiary/aromatic N) is 2. The second kappa shape index (κ2) is 9.40. The van der Waals surface area contributed by atoms with Crippen molar-refractivity contribution in [2.75, 3.05) is 45.9 Å². The molecule has 0 saturated carbocycles. The molecule has 6 nitrogen and oxygen atoms in total. The van der Waals surface area contributed by atoms with E-state index in [1.807, 2.05) is 36.1 Å². The summed E-state index contributed by atoms with van der Waals surface area (Å²) in [6, 6.07) is 5.82. The fourth-order valence-corrected chi connectivity index (χ4v) is 4.89. The third kappa shape index (κ3) is 4.81. The molecule has 1 aromatic rings. The Morgan fingerprint density at radius 2 is 1.90 bits per heavy atom. The third-order valence-corrected chi connectivity index (χ3v) is 6.20. The lowest BCUT2D eigenvalue weighted by Crippen LogP contribution is -2.49. The van der Waals surface area contributed by atoms with Crippen LogP contribution in [0.2, 0.25) is 0 Å². The van der Waals surface area contributed by atoms with Crippen molar-refractivity contribution in [1.82, 2.24) is 9.80 Å². The molecule has 3 aliphatic rings. The topological polar surface area (TPSA) is 51.2 Å². The van der Waals surface area contributed by atoms with Crippen LogP contribution in [0.1, 0.15) is 39.2 Å². The number of likely N-dealkylation sites (tertiary alicyclic amines) is 1. The zero-order valence-electron chi connectivity index (χ0n) is 18.4. The molecular formula is C24H34N2O4. The maximum atomic E-state index is 13.1.